The standard InChI is InChI=1S/C9H6I2O/c10-8(6-12)9(11)7-4-2-1-3-5-7/h1-6H. The van der Waals surface area contributed by atoms with Crippen molar-refractivity contribution in [3.8, 4) is 0 Å². The first-order valence-electron chi connectivity index (χ1n) is 3.31. The molecule has 12 heavy (non-hydrogen) atoms. The Labute approximate surface area is 98.5 Å². The molecule has 3 heteroatoms. The van der Waals surface area contributed by atoms with Crippen LogP contribution in [0.4, 0.5) is 0 Å². The van der Waals surface area contributed by atoms with Gasteiger partial charge in [0.15, 0.2) is 6.29 Å². The fraction of sp³-hybridized carbons (Fsp3) is 0. The molecule has 0 saturated heterocycles. The van der Waals surface area contributed by atoms with Crippen molar-refractivity contribution in [1.29, 1.82) is 0 Å². The average Bonchev–Trinajstić information content (AvgIpc) is 2.17. The van der Waals surface area contributed by atoms with Gasteiger partial charge in [-0.2, -0.15) is 0 Å². The Hall–Kier alpha value is 0.0900. The molecule has 0 heterocycles. The van der Waals surface area contributed by atoms with E-state index in [2.05, 4.69) is 22.6 Å². The summed E-state index contributed by atoms with van der Waals surface area (Å²) in [5.74, 6) is 0. The first-order valence-corrected chi connectivity index (χ1v) is 5.47. The number of allylic oxidation sites excluding steroid dienone is 1. The Bertz CT molecular complexity index is 304. The molecular weight excluding hydrogens is 378 g/mol. The van der Waals surface area contributed by atoms with Gasteiger partial charge >= 0.3 is 0 Å². The SMILES string of the molecule is O=CC(I)=C(I)c1ccccc1. The number of carbonyl (C=O) groups excluding carboxylic acids is 1. The second kappa shape index (κ2) is 4.96. The topological polar surface area (TPSA) is 17.1 Å². The number of hydrogen-bond donors (Lipinski definition) is 0. The summed E-state index contributed by atoms with van der Waals surface area (Å²) in [4.78, 5) is 10.4. The van der Waals surface area contributed by atoms with Crippen LogP contribution in [0, 0.1) is 0 Å². The minimum absolute atomic E-state index is 0.749. The zero-order chi connectivity index (χ0) is 8.97. The molecule has 0 bridgehead atoms. The molecule has 0 aliphatic rings. The van der Waals surface area contributed by atoms with Crippen LogP contribution in [-0.2, 0) is 4.79 Å². The largest absolute Gasteiger partial charge is 0.297 e. The lowest BCUT2D eigenvalue weighted by atomic mass is 10.2. The van der Waals surface area contributed by atoms with Crippen molar-refractivity contribution < 1.29 is 4.79 Å². The molecule has 1 aromatic rings. The van der Waals surface area contributed by atoms with Gasteiger partial charge in [-0.25, -0.2) is 0 Å². The van der Waals surface area contributed by atoms with Gasteiger partial charge in [-0.3, -0.25) is 4.79 Å². The van der Waals surface area contributed by atoms with Crippen LogP contribution >= 0.6 is 45.2 Å². The van der Waals surface area contributed by atoms with Gasteiger partial charge in [-0.15, -0.1) is 0 Å². The molecule has 0 amide bonds. The van der Waals surface area contributed by atoms with Crippen molar-refractivity contribution in [2.75, 3.05) is 0 Å². The van der Waals surface area contributed by atoms with Crippen molar-refractivity contribution >= 4 is 55.0 Å². The molecule has 0 unspecified atom stereocenters. The van der Waals surface area contributed by atoms with E-state index >= 15 is 0 Å². The van der Waals surface area contributed by atoms with Crippen molar-refractivity contribution in [3.05, 3.63) is 39.5 Å². The summed E-state index contributed by atoms with van der Waals surface area (Å²) in [5, 5.41) is 0. The number of hydrogen-bond acceptors (Lipinski definition) is 1. The van der Waals surface area contributed by atoms with Crippen LogP contribution in [0.15, 0.2) is 33.9 Å². The zero-order valence-electron chi connectivity index (χ0n) is 6.13. The van der Waals surface area contributed by atoms with Gasteiger partial charge in [0.1, 0.15) is 0 Å². The molecule has 0 N–H and O–H groups in total. The van der Waals surface area contributed by atoms with Crippen LogP contribution < -0.4 is 0 Å². The molecule has 0 saturated carbocycles. The van der Waals surface area contributed by atoms with E-state index in [1.165, 1.54) is 0 Å². The molecule has 1 aromatic carbocycles. The molecule has 0 atom stereocenters. The molecule has 0 spiro atoms. The van der Waals surface area contributed by atoms with E-state index in [1.807, 2.05) is 52.9 Å². The summed E-state index contributed by atoms with van der Waals surface area (Å²) in [6.45, 7) is 0. The third-order valence-electron chi connectivity index (χ3n) is 1.34. The Balaban J connectivity index is 3.08. The van der Waals surface area contributed by atoms with Crippen LogP contribution in [-0.4, -0.2) is 6.29 Å². The summed E-state index contributed by atoms with van der Waals surface area (Å²) in [7, 11) is 0. The fourth-order valence-corrected chi connectivity index (χ4v) is 1.57. The maximum atomic E-state index is 10.4. The monoisotopic (exact) mass is 384 g/mol. The van der Waals surface area contributed by atoms with E-state index in [4.69, 9.17) is 0 Å². The Kier molecular flexibility index (Phi) is 4.20. The zero-order valence-corrected chi connectivity index (χ0v) is 10.4. The third kappa shape index (κ3) is 2.55. The van der Waals surface area contributed by atoms with Gasteiger partial charge in [-0.05, 0) is 50.7 Å². The summed E-state index contributed by atoms with van der Waals surface area (Å²) in [5.41, 5.74) is 1.09. The predicted octanol–water partition coefficient (Wildman–Crippen LogP) is 3.42. The molecule has 1 rings (SSSR count). The lowest BCUT2D eigenvalue weighted by Gasteiger charge is -1.98. The number of aldehydes is 1. The second-order valence-corrected chi connectivity index (χ2v) is 4.39. The van der Waals surface area contributed by atoms with E-state index < -0.39 is 0 Å². The molecule has 0 aliphatic carbocycles. The first-order chi connectivity index (χ1) is 5.75. The van der Waals surface area contributed by atoms with Crippen LogP contribution in [0.1, 0.15) is 5.56 Å². The van der Waals surface area contributed by atoms with E-state index in [9.17, 15) is 4.79 Å². The van der Waals surface area contributed by atoms with E-state index in [1.54, 1.807) is 0 Å². The highest BCUT2D eigenvalue weighted by Gasteiger charge is 2.00. The van der Waals surface area contributed by atoms with Gasteiger partial charge in [-0.1, -0.05) is 30.3 Å². The molecule has 0 aliphatic heterocycles. The van der Waals surface area contributed by atoms with Crippen molar-refractivity contribution in [1.82, 2.24) is 0 Å². The summed E-state index contributed by atoms with van der Waals surface area (Å²) in [6, 6.07) is 9.86. The highest BCUT2D eigenvalue weighted by molar-refractivity contribution is 14.1. The molecule has 62 valence electrons. The van der Waals surface area contributed by atoms with Crippen molar-refractivity contribution in [2.45, 2.75) is 0 Å². The number of benzene rings is 1. The minimum Gasteiger partial charge on any atom is -0.297 e. The van der Waals surface area contributed by atoms with Crippen molar-refractivity contribution in [3.63, 3.8) is 0 Å². The van der Waals surface area contributed by atoms with Crippen molar-refractivity contribution in [2.24, 2.45) is 0 Å². The predicted molar refractivity (Wildman–Crippen MR) is 67.5 cm³/mol. The van der Waals surface area contributed by atoms with Gasteiger partial charge in [0.2, 0.25) is 0 Å². The third-order valence-corrected chi connectivity index (χ3v) is 4.37. The highest BCUT2D eigenvalue weighted by Crippen LogP contribution is 2.27. The first kappa shape index (κ1) is 10.2. The Morgan fingerprint density at radius 2 is 1.75 bits per heavy atom. The van der Waals surface area contributed by atoms with E-state index in [0.717, 1.165) is 19.0 Å². The molecule has 0 aromatic heterocycles. The molecule has 0 fully saturated rings. The second-order valence-electron chi connectivity index (χ2n) is 2.15. The quantitative estimate of drug-likeness (QED) is 0.434. The van der Waals surface area contributed by atoms with Gasteiger partial charge in [0, 0.05) is 3.58 Å². The lowest BCUT2D eigenvalue weighted by Crippen LogP contribution is -1.79. The molecule has 0 radical (unpaired) electrons. The van der Waals surface area contributed by atoms with Crippen LogP contribution in [0.3, 0.4) is 0 Å². The summed E-state index contributed by atoms with van der Waals surface area (Å²) >= 11 is 4.21. The van der Waals surface area contributed by atoms with Crippen LogP contribution in [0.25, 0.3) is 3.58 Å². The summed E-state index contributed by atoms with van der Waals surface area (Å²) in [6.07, 6.45) is 0.870. The minimum atomic E-state index is 0.749. The van der Waals surface area contributed by atoms with Gasteiger partial charge < -0.3 is 0 Å². The maximum absolute atomic E-state index is 10.4. The van der Waals surface area contributed by atoms with E-state index in [-0.39, 0.29) is 0 Å². The van der Waals surface area contributed by atoms with Gasteiger partial charge in [0.05, 0.1) is 3.58 Å². The van der Waals surface area contributed by atoms with Crippen LogP contribution in [0.2, 0.25) is 0 Å². The van der Waals surface area contributed by atoms with Crippen LogP contribution in [0.5, 0.6) is 0 Å². The lowest BCUT2D eigenvalue weighted by molar-refractivity contribution is -0.104. The maximum Gasteiger partial charge on any atom is 0.157 e. The Morgan fingerprint density at radius 1 is 1.17 bits per heavy atom. The van der Waals surface area contributed by atoms with Gasteiger partial charge in [0.25, 0.3) is 0 Å². The molecular formula is C9H6I2O. The molecule has 1 nitrogen and oxygen atoms in total. The number of carbonyl (C=O) groups is 1. The smallest absolute Gasteiger partial charge is 0.157 e. The fourth-order valence-electron chi connectivity index (χ4n) is 0.774. The highest BCUT2D eigenvalue weighted by atomic mass is 127. The summed E-state index contributed by atoms with van der Waals surface area (Å²) < 4.78 is 1.75. The average molecular weight is 384 g/mol. The van der Waals surface area contributed by atoms with E-state index in [0.29, 0.717) is 0 Å². The Morgan fingerprint density at radius 3 is 2.25 bits per heavy atom. The number of rotatable bonds is 2. The number of halogens is 2. The normalized spacial score (nSPS) is 12.2.